The van der Waals surface area contributed by atoms with E-state index in [1.165, 1.54) is 0 Å². The summed E-state index contributed by atoms with van der Waals surface area (Å²) in [4.78, 5) is 0.253. The quantitative estimate of drug-likeness (QED) is 0.898. The molecule has 0 unspecified atom stereocenters. The summed E-state index contributed by atoms with van der Waals surface area (Å²) in [5.41, 5.74) is 0.861. The van der Waals surface area contributed by atoms with Crippen LogP contribution in [-0.2, 0) is 23.5 Å². The summed E-state index contributed by atoms with van der Waals surface area (Å²) < 4.78 is 29.0. The minimum atomic E-state index is -3.46. The predicted molar refractivity (Wildman–Crippen MR) is 76.2 cm³/mol. The number of nitrogens with zero attached hydrogens (tertiary/aromatic N) is 2. The van der Waals surface area contributed by atoms with Gasteiger partial charge >= 0.3 is 0 Å². The molecule has 7 heteroatoms. The molecule has 0 saturated heterocycles. The zero-order valence-electron chi connectivity index (χ0n) is 10.4. The number of aromatic nitrogens is 2. The number of benzene rings is 1. The normalized spacial score (nSPS) is 11.7. The van der Waals surface area contributed by atoms with Gasteiger partial charge in [-0.3, -0.25) is 4.68 Å². The number of aryl methyl sites for hydroxylation is 1. The fraction of sp³-hybridized carbons (Fsp3) is 0.250. The summed E-state index contributed by atoms with van der Waals surface area (Å²) >= 11 is 3.26. The standard InChI is InChI=1S/C12H14BrN3O2S/c1-16-8-6-11(15-16)5-7-14-19(17,18)12-4-2-3-10(13)9-12/h2-4,6,8-9,14H,5,7H2,1H3. The maximum atomic E-state index is 12.0. The van der Waals surface area contributed by atoms with E-state index in [0.717, 1.165) is 10.2 Å². The molecule has 0 amide bonds. The van der Waals surface area contributed by atoms with E-state index in [4.69, 9.17) is 0 Å². The van der Waals surface area contributed by atoms with E-state index in [-0.39, 0.29) is 4.90 Å². The van der Waals surface area contributed by atoms with Crippen molar-refractivity contribution >= 4 is 26.0 Å². The van der Waals surface area contributed by atoms with Crippen molar-refractivity contribution in [1.29, 1.82) is 0 Å². The maximum absolute atomic E-state index is 12.0. The van der Waals surface area contributed by atoms with E-state index in [1.54, 1.807) is 28.9 Å². The molecule has 0 aliphatic rings. The monoisotopic (exact) mass is 343 g/mol. The third-order valence-electron chi connectivity index (χ3n) is 2.55. The Labute approximate surface area is 120 Å². The zero-order valence-corrected chi connectivity index (χ0v) is 12.8. The summed E-state index contributed by atoms with van der Waals surface area (Å²) in [6.07, 6.45) is 2.40. The predicted octanol–water partition coefficient (Wildman–Crippen LogP) is 1.70. The van der Waals surface area contributed by atoms with E-state index in [2.05, 4.69) is 25.8 Å². The number of sulfonamides is 1. The van der Waals surface area contributed by atoms with Crippen molar-refractivity contribution in [1.82, 2.24) is 14.5 Å². The van der Waals surface area contributed by atoms with Gasteiger partial charge in [0.15, 0.2) is 0 Å². The van der Waals surface area contributed by atoms with Crippen LogP contribution in [0.5, 0.6) is 0 Å². The van der Waals surface area contributed by atoms with Gasteiger partial charge in [-0.25, -0.2) is 13.1 Å². The van der Waals surface area contributed by atoms with Crippen LogP contribution < -0.4 is 4.72 Å². The molecule has 0 fully saturated rings. The Morgan fingerprint density at radius 3 is 2.79 bits per heavy atom. The molecule has 102 valence electrons. The molecule has 1 N–H and O–H groups in total. The largest absolute Gasteiger partial charge is 0.276 e. The molecule has 0 aliphatic carbocycles. The third-order valence-corrected chi connectivity index (χ3v) is 4.50. The summed E-state index contributed by atoms with van der Waals surface area (Å²) in [6, 6.07) is 8.48. The number of halogens is 1. The second-order valence-electron chi connectivity index (χ2n) is 4.09. The van der Waals surface area contributed by atoms with Crippen molar-refractivity contribution in [3.63, 3.8) is 0 Å². The first-order valence-corrected chi connectivity index (χ1v) is 7.99. The van der Waals surface area contributed by atoms with Gasteiger partial charge in [0.05, 0.1) is 10.6 Å². The molecule has 19 heavy (non-hydrogen) atoms. The van der Waals surface area contributed by atoms with E-state index in [9.17, 15) is 8.42 Å². The first-order valence-electron chi connectivity index (χ1n) is 5.71. The molecule has 1 aromatic carbocycles. The summed E-state index contributed by atoms with van der Waals surface area (Å²) in [6.45, 7) is 0.325. The molecule has 0 radical (unpaired) electrons. The van der Waals surface area contributed by atoms with Crippen LogP contribution >= 0.6 is 15.9 Å². The Bertz CT molecular complexity index is 667. The molecule has 1 heterocycles. The summed E-state index contributed by atoms with van der Waals surface area (Å²) in [5.74, 6) is 0. The van der Waals surface area contributed by atoms with Crippen LogP contribution in [0.15, 0.2) is 45.9 Å². The first-order chi connectivity index (χ1) is 8.97. The molecular weight excluding hydrogens is 330 g/mol. The Hall–Kier alpha value is -1.18. The van der Waals surface area contributed by atoms with Gasteiger partial charge in [-0.15, -0.1) is 0 Å². The Morgan fingerprint density at radius 2 is 2.16 bits per heavy atom. The van der Waals surface area contributed by atoms with E-state index in [0.29, 0.717) is 13.0 Å². The minimum absolute atomic E-state index is 0.253. The van der Waals surface area contributed by atoms with Gasteiger partial charge in [0.2, 0.25) is 10.0 Å². The summed E-state index contributed by atoms with van der Waals surface area (Å²) in [5, 5.41) is 4.19. The maximum Gasteiger partial charge on any atom is 0.240 e. The van der Waals surface area contributed by atoms with E-state index >= 15 is 0 Å². The molecule has 5 nitrogen and oxygen atoms in total. The lowest BCUT2D eigenvalue weighted by molar-refractivity contribution is 0.581. The number of hydrogen-bond donors (Lipinski definition) is 1. The van der Waals surface area contributed by atoms with Crippen molar-refractivity contribution in [2.75, 3.05) is 6.54 Å². The van der Waals surface area contributed by atoms with E-state index in [1.807, 2.05) is 19.3 Å². The smallest absolute Gasteiger partial charge is 0.240 e. The van der Waals surface area contributed by atoms with E-state index < -0.39 is 10.0 Å². The second kappa shape index (κ2) is 5.85. The average molecular weight is 344 g/mol. The summed E-state index contributed by atoms with van der Waals surface area (Å²) in [7, 11) is -1.63. The molecule has 0 saturated carbocycles. The first kappa shape index (κ1) is 14.2. The van der Waals surface area contributed by atoms with Crippen molar-refractivity contribution < 1.29 is 8.42 Å². The number of nitrogens with one attached hydrogen (secondary N) is 1. The van der Waals surface area contributed by atoms with Crippen molar-refractivity contribution in [2.24, 2.45) is 7.05 Å². The van der Waals surface area contributed by atoms with Gasteiger partial charge in [0, 0.05) is 30.7 Å². The van der Waals surface area contributed by atoms with Gasteiger partial charge in [-0.2, -0.15) is 5.10 Å². The molecular formula is C12H14BrN3O2S. The van der Waals surface area contributed by atoms with Gasteiger partial charge in [-0.05, 0) is 24.3 Å². The van der Waals surface area contributed by atoms with Crippen LogP contribution in [0, 0.1) is 0 Å². The third kappa shape index (κ3) is 3.89. The highest BCUT2D eigenvalue weighted by atomic mass is 79.9. The molecule has 0 aliphatic heterocycles. The van der Waals surface area contributed by atoms with Crippen LogP contribution in [0.3, 0.4) is 0 Å². The van der Waals surface area contributed by atoms with Crippen LogP contribution in [0.4, 0.5) is 0 Å². The average Bonchev–Trinajstić information content (AvgIpc) is 2.75. The van der Waals surface area contributed by atoms with Crippen molar-refractivity contribution in [2.45, 2.75) is 11.3 Å². The number of hydrogen-bond acceptors (Lipinski definition) is 3. The lowest BCUT2D eigenvalue weighted by Crippen LogP contribution is -2.26. The van der Waals surface area contributed by atoms with Crippen LogP contribution in [0.2, 0.25) is 0 Å². The zero-order chi connectivity index (χ0) is 13.9. The van der Waals surface area contributed by atoms with Crippen LogP contribution in [0.1, 0.15) is 5.69 Å². The molecule has 1 aromatic heterocycles. The molecule has 2 aromatic rings. The lowest BCUT2D eigenvalue weighted by atomic mass is 10.3. The Morgan fingerprint density at radius 1 is 1.37 bits per heavy atom. The van der Waals surface area contributed by atoms with Gasteiger partial charge in [-0.1, -0.05) is 22.0 Å². The fourth-order valence-corrected chi connectivity index (χ4v) is 3.26. The molecule has 0 atom stereocenters. The highest BCUT2D eigenvalue weighted by molar-refractivity contribution is 9.10. The highest BCUT2D eigenvalue weighted by Crippen LogP contribution is 2.15. The van der Waals surface area contributed by atoms with Crippen molar-refractivity contribution in [3.8, 4) is 0 Å². The minimum Gasteiger partial charge on any atom is -0.276 e. The van der Waals surface area contributed by atoms with Crippen molar-refractivity contribution in [3.05, 3.63) is 46.7 Å². The lowest BCUT2D eigenvalue weighted by Gasteiger charge is -2.06. The van der Waals surface area contributed by atoms with Crippen LogP contribution in [0.25, 0.3) is 0 Å². The van der Waals surface area contributed by atoms with Gasteiger partial charge in [0.25, 0.3) is 0 Å². The molecule has 2 rings (SSSR count). The Kier molecular flexibility index (Phi) is 4.38. The van der Waals surface area contributed by atoms with Gasteiger partial charge < -0.3 is 0 Å². The Balaban J connectivity index is 1.98. The van der Waals surface area contributed by atoms with Crippen LogP contribution in [-0.4, -0.2) is 24.7 Å². The fourth-order valence-electron chi connectivity index (χ4n) is 1.63. The topological polar surface area (TPSA) is 64.0 Å². The highest BCUT2D eigenvalue weighted by Gasteiger charge is 2.13. The second-order valence-corrected chi connectivity index (χ2v) is 6.77. The van der Waals surface area contributed by atoms with Gasteiger partial charge in [0.1, 0.15) is 0 Å². The number of rotatable bonds is 5. The molecule has 0 bridgehead atoms. The molecule has 0 spiro atoms. The SMILES string of the molecule is Cn1ccc(CCNS(=O)(=O)c2cccc(Br)c2)n1.